The molecule has 0 saturated heterocycles. The molecular weight excluding hydrogens is 663 g/mol. The predicted molar refractivity (Wildman–Crippen MR) is 248 cm³/mol. The summed E-state index contributed by atoms with van der Waals surface area (Å²) in [5, 5.41) is 0. The molecular formula is C54H92N+. The lowest BCUT2D eigenvalue weighted by Gasteiger charge is -2.39. The van der Waals surface area contributed by atoms with E-state index in [1.807, 2.05) is 0 Å². The van der Waals surface area contributed by atoms with Crippen molar-refractivity contribution < 1.29 is 4.48 Å². The van der Waals surface area contributed by atoms with Gasteiger partial charge in [0.1, 0.15) is 13.1 Å². The van der Waals surface area contributed by atoms with Crippen LogP contribution in [0.3, 0.4) is 0 Å². The average Bonchev–Trinajstić information content (AvgIpc) is 3.20. The number of hydrogen-bond acceptors (Lipinski definition) is 0. The van der Waals surface area contributed by atoms with Gasteiger partial charge in [-0.25, -0.2) is 0 Å². The topological polar surface area (TPSA) is 0 Å². The molecule has 0 heterocycles. The van der Waals surface area contributed by atoms with E-state index in [-0.39, 0.29) is 0 Å². The number of quaternary nitrogens is 1. The third-order valence-corrected chi connectivity index (χ3v) is 12.0. The Morgan fingerprint density at radius 1 is 0.309 bits per heavy atom. The minimum atomic E-state index is 1.14. The van der Waals surface area contributed by atoms with Gasteiger partial charge in [0.15, 0.2) is 0 Å². The molecule has 0 aliphatic carbocycles. The maximum Gasteiger partial charge on any atom is 0.105 e. The number of benzene rings is 2. The molecule has 0 atom stereocenters. The fourth-order valence-electron chi connectivity index (χ4n) is 8.52. The zero-order valence-electron chi connectivity index (χ0n) is 37.0. The first-order valence-corrected chi connectivity index (χ1v) is 24.5. The minimum Gasteiger partial charge on any atom is -0.316 e. The molecule has 0 unspecified atom stereocenters. The number of nitrogens with zero attached hydrogens (tertiary/aromatic N) is 1. The molecule has 0 N–H and O–H groups in total. The zero-order chi connectivity index (χ0) is 39.0. The summed E-state index contributed by atoms with van der Waals surface area (Å²) in [5.41, 5.74) is 2.98. The van der Waals surface area contributed by atoms with E-state index in [4.69, 9.17) is 0 Å². The van der Waals surface area contributed by atoms with Gasteiger partial charge in [-0.05, 0) is 64.2 Å². The molecule has 0 fully saturated rings. The van der Waals surface area contributed by atoms with E-state index in [0.29, 0.717) is 0 Å². The van der Waals surface area contributed by atoms with Gasteiger partial charge in [0, 0.05) is 11.1 Å². The van der Waals surface area contributed by atoms with Gasteiger partial charge in [-0.2, -0.15) is 0 Å². The monoisotopic (exact) mass is 755 g/mol. The summed E-state index contributed by atoms with van der Waals surface area (Å²) in [6, 6.07) is 22.7. The molecule has 0 radical (unpaired) electrons. The van der Waals surface area contributed by atoms with Crippen LogP contribution in [0.4, 0.5) is 0 Å². The van der Waals surface area contributed by atoms with Gasteiger partial charge in [0.05, 0.1) is 13.1 Å². The molecule has 0 saturated carbocycles. The van der Waals surface area contributed by atoms with Crippen LogP contribution in [-0.4, -0.2) is 17.6 Å². The fraction of sp³-hybridized carbons (Fsp3) is 0.704. The predicted octanol–water partition coefficient (Wildman–Crippen LogP) is 17.8. The summed E-state index contributed by atoms with van der Waals surface area (Å²) in [6.07, 6.45) is 54.6. The molecule has 0 aromatic heterocycles. The Morgan fingerprint density at radius 3 is 0.855 bits per heavy atom. The van der Waals surface area contributed by atoms with Crippen LogP contribution >= 0.6 is 0 Å². The van der Waals surface area contributed by atoms with Gasteiger partial charge in [-0.1, -0.05) is 240 Å². The number of unbranched alkanes of at least 4 members (excludes halogenated alkanes) is 28. The Morgan fingerprint density at radius 2 is 0.564 bits per heavy atom. The molecule has 0 spiro atoms. The lowest BCUT2D eigenvalue weighted by atomic mass is 10.0. The third kappa shape index (κ3) is 29.7. The summed E-state index contributed by atoms with van der Waals surface area (Å²) in [6.45, 7) is 9.43. The molecule has 1 nitrogen and oxygen atoms in total. The first-order chi connectivity index (χ1) is 27.3. The lowest BCUT2D eigenvalue weighted by molar-refractivity contribution is -0.954. The van der Waals surface area contributed by atoms with Crippen LogP contribution < -0.4 is 0 Å². The molecule has 1 heteroatoms. The van der Waals surface area contributed by atoms with Crippen molar-refractivity contribution in [3.8, 4) is 0 Å². The van der Waals surface area contributed by atoms with Crippen molar-refractivity contribution in [2.75, 3.05) is 13.1 Å². The first-order valence-electron chi connectivity index (χ1n) is 24.5. The van der Waals surface area contributed by atoms with Crippen molar-refractivity contribution in [1.82, 2.24) is 0 Å². The highest BCUT2D eigenvalue weighted by Crippen LogP contribution is 2.24. The second kappa shape index (κ2) is 37.5. The molecule has 312 valence electrons. The van der Waals surface area contributed by atoms with Crippen molar-refractivity contribution in [2.24, 2.45) is 0 Å². The summed E-state index contributed by atoms with van der Waals surface area (Å²) in [5.74, 6) is 0. The first kappa shape index (κ1) is 49.0. The highest BCUT2D eigenvalue weighted by atomic mass is 15.3. The highest BCUT2D eigenvalue weighted by Gasteiger charge is 2.27. The van der Waals surface area contributed by atoms with Crippen LogP contribution in [0.5, 0.6) is 0 Å². The highest BCUT2D eigenvalue weighted by molar-refractivity contribution is 5.15. The minimum absolute atomic E-state index is 1.14. The lowest BCUT2D eigenvalue weighted by Crippen LogP contribution is -2.48. The van der Waals surface area contributed by atoms with Gasteiger partial charge < -0.3 is 4.48 Å². The number of rotatable bonds is 40. The van der Waals surface area contributed by atoms with Crippen LogP contribution in [0.1, 0.15) is 230 Å². The van der Waals surface area contributed by atoms with Crippen molar-refractivity contribution in [2.45, 2.75) is 232 Å². The normalized spacial score (nSPS) is 12.1. The van der Waals surface area contributed by atoms with Gasteiger partial charge in [-0.15, -0.1) is 0 Å². The molecule has 2 aromatic carbocycles. The van der Waals surface area contributed by atoms with Gasteiger partial charge in [0.2, 0.25) is 0 Å². The van der Waals surface area contributed by atoms with E-state index in [2.05, 4.69) is 98.8 Å². The smallest absolute Gasteiger partial charge is 0.105 e. The zero-order valence-corrected chi connectivity index (χ0v) is 37.0. The van der Waals surface area contributed by atoms with E-state index < -0.39 is 0 Å². The summed E-state index contributed by atoms with van der Waals surface area (Å²) >= 11 is 0. The maximum atomic E-state index is 2.49. The van der Waals surface area contributed by atoms with Crippen molar-refractivity contribution in [3.05, 3.63) is 96.1 Å². The molecule has 0 amide bonds. The molecule has 0 aliphatic heterocycles. The van der Waals surface area contributed by atoms with Crippen LogP contribution in [0.2, 0.25) is 0 Å². The third-order valence-electron chi connectivity index (χ3n) is 12.0. The molecule has 55 heavy (non-hydrogen) atoms. The Hall–Kier alpha value is -2.12. The van der Waals surface area contributed by atoms with Gasteiger partial charge >= 0.3 is 0 Å². The SMILES string of the molecule is CCCCCCCCCCCCCC/C=C/CCCC[N+](CCCC/C=C/CCCCCCCCCCCCCC)(Cc1ccccc1)Cc1ccccc1. The Bertz CT molecular complexity index is 1010. The Labute approximate surface area is 344 Å². The summed E-state index contributed by atoms with van der Waals surface area (Å²) < 4.78 is 1.18. The molecule has 2 rings (SSSR count). The van der Waals surface area contributed by atoms with Gasteiger partial charge in [-0.3, -0.25) is 0 Å². The Balaban J connectivity index is 1.68. The van der Waals surface area contributed by atoms with Crippen LogP contribution in [-0.2, 0) is 13.1 Å². The standard InChI is InChI=1S/C54H92N/c1-3-5-7-9-11-13-15-17-19-21-23-25-27-29-31-33-35-43-49-55(51-53-45-39-37-40-46-53,52-54-47-41-38-42-48-54)50-44-36-34-32-30-28-26-24-22-20-18-16-14-12-10-8-6-4-2/h29-32,37-42,45-48H,3-28,33-36,43-44,49-52H2,1-2H3/q+1/b31-29+,32-30+. The quantitative estimate of drug-likeness (QED) is 0.0361. The van der Waals surface area contributed by atoms with Crippen molar-refractivity contribution in [1.29, 1.82) is 0 Å². The van der Waals surface area contributed by atoms with Crippen LogP contribution in [0.25, 0.3) is 0 Å². The summed E-state index contributed by atoms with van der Waals surface area (Å²) in [7, 11) is 0. The van der Waals surface area contributed by atoms with E-state index >= 15 is 0 Å². The number of hydrogen-bond donors (Lipinski definition) is 0. The van der Waals surface area contributed by atoms with Gasteiger partial charge in [0.25, 0.3) is 0 Å². The second-order valence-corrected chi connectivity index (χ2v) is 17.4. The van der Waals surface area contributed by atoms with E-state index in [1.54, 1.807) is 0 Å². The average molecular weight is 755 g/mol. The Kier molecular flexibility index (Phi) is 33.4. The van der Waals surface area contributed by atoms with E-state index in [9.17, 15) is 0 Å². The van der Waals surface area contributed by atoms with E-state index in [0.717, 1.165) is 13.1 Å². The number of allylic oxidation sites excluding steroid dienone is 4. The second-order valence-electron chi connectivity index (χ2n) is 17.4. The fourth-order valence-corrected chi connectivity index (χ4v) is 8.52. The largest absolute Gasteiger partial charge is 0.316 e. The van der Waals surface area contributed by atoms with Crippen LogP contribution in [0, 0.1) is 0 Å². The maximum absolute atomic E-state index is 2.49. The summed E-state index contributed by atoms with van der Waals surface area (Å²) in [4.78, 5) is 0. The van der Waals surface area contributed by atoms with E-state index in [1.165, 1.54) is 234 Å². The molecule has 2 aromatic rings. The molecule has 0 bridgehead atoms. The van der Waals surface area contributed by atoms with Crippen molar-refractivity contribution >= 4 is 0 Å². The van der Waals surface area contributed by atoms with Crippen molar-refractivity contribution in [3.63, 3.8) is 0 Å². The molecule has 0 aliphatic rings. The van der Waals surface area contributed by atoms with Crippen LogP contribution in [0.15, 0.2) is 85.0 Å².